The van der Waals surface area contributed by atoms with E-state index in [4.69, 9.17) is 4.74 Å². The molecule has 2 N–H and O–H groups in total. The quantitative estimate of drug-likeness (QED) is 0.794. The van der Waals surface area contributed by atoms with Crippen molar-refractivity contribution in [3.05, 3.63) is 30.1 Å². The van der Waals surface area contributed by atoms with Crippen LogP contribution < -0.4 is 10.1 Å². The molecule has 1 saturated carbocycles. The number of rotatable bonds is 6. The fourth-order valence-electron chi connectivity index (χ4n) is 1.65. The van der Waals surface area contributed by atoms with E-state index in [0.29, 0.717) is 18.4 Å². The van der Waals surface area contributed by atoms with Crippen molar-refractivity contribution in [1.82, 2.24) is 5.32 Å². The van der Waals surface area contributed by atoms with E-state index in [1.165, 1.54) is 12.1 Å². The summed E-state index contributed by atoms with van der Waals surface area (Å²) in [6, 6.07) is 6.52. The smallest absolute Gasteiger partial charge is 0.126 e. The van der Waals surface area contributed by atoms with Crippen LogP contribution >= 0.6 is 0 Å². The Morgan fingerprint density at radius 2 is 2.29 bits per heavy atom. The molecule has 1 aromatic rings. The van der Waals surface area contributed by atoms with Gasteiger partial charge in [-0.1, -0.05) is 6.07 Å². The number of benzene rings is 1. The van der Waals surface area contributed by atoms with Crippen molar-refractivity contribution in [2.45, 2.75) is 31.3 Å². The topological polar surface area (TPSA) is 41.5 Å². The van der Waals surface area contributed by atoms with Crippen LogP contribution in [0, 0.1) is 5.82 Å². The number of hydrogen-bond acceptors (Lipinski definition) is 3. The maximum absolute atomic E-state index is 12.9. The SMILES string of the molecule is CC(CO)(COc1cccc(F)c1)NC1CC1. The summed E-state index contributed by atoms with van der Waals surface area (Å²) in [6.07, 6.45) is 2.30. The summed E-state index contributed by atoms with van der Waals surface area (Å²) in [5.74, 6) is 0.172. The zero-order chi connectivity index (χ0) is 12.3. The van der Waals surface area contributed by atoms with Crippen LogP contribution in [0.1, 0.15) is 19.8 Å². The van der Waals surface area contributed by atoms with Gasteiger partial charge in [0.1, 0.15) is 18.2 Å². The number of ether oxygens (including phenoxy) is 1. The Kier molecular flexibility index (Phi) is 3.64. The van der Waals surface area contributed by atoms with E-state index in [1.54, 1.807) is 12.1 Å². The van der Waals surface area contributed by atoms with Crippen LogP contribution in [0.3, 0.4) is 0 Å². The number of hydrogen-bond donors (Lipinski definition) is 2. The van der Waals surface area contributed by atoms with E-state index in [1.807, 2.05) is 6.92 Å². The van der Waals surface area contributed by atoms with Crippen molar-refractivity contribution in [2.24, 2.45) is 0 Å². The highest BCUT2D eigenvalue weighted by Crippen LogP contribution is 2.23. The molecule has 0 amide bonds. The maximum Gasteiger partial charge on any atom is 0.126 e. The molecule has 94 valence electrons. The van der Waals surface area contributed by atoms with Crippen molar-refractivity contribution in [2.75, 3.05) is 13.2 Å². The first-order chi connectivity index (χ1) is 8.11. The minimum Gasteiger partial charge on any atom is -0.491 e. The molecule has 4 heteroatoms. The number of aliphatic hydroxyl groups is 1. The molecule has 0 spiro atoms. The molecule has 1 atom stereocenters. The van der Waals surface area contributed by atoms with Gasteiger partial charge in [-0.15, -0.1) is 0 Å². The van der Waals surface area contributed by atoms with Crippen molar-refractivity contribution >= 4 is 0 Å². The van der Waals surface area contributed by atoms with Crippen LogP contribution in [-0.2, 0) is 0 Å². The van der Waals surface area contributed by atoms with E-state index in [-0.39, 0.29) is 12.4 Å². The first kappa shape index (κ1) is 12.3. The Labute approximate surface area is 101 Å². The van der Waals surface area contributed by atoms with Crippen LogP contribution in [0.2, 0.25) is 0 Å². The summed E-state index contributed by atoms with van der Waals surface area (Å²) in [7, 11) is 0. The second-order valence-corrected chi connectivity index (χ2v) is 4.88. The Balaban J connectivity index is 1.90. The maximum atomic E-state index is 12.9. The molecular formula is C13H18FNO2. The Bertz CT molecular complexity index is 381. The summed E-state index contributed by atoms with van der Waals surface area (Å²) in [5, 5.41) is 12.7. The van der Waals surface area contributed by atoms with Crippen molar-refractivity contribution in [1.29, 1.82) is 0 Å². The van der Waals surface area contributed by atoms with Crippen molar-refractivity contribution in [3.8, 4) is 5.75 Å². The largest absolute Gasteiger partial charge is 0.491 e. The Morgan fingerprint density at radius 3 is 2.88 bits per heavy atom. The molecule has 1 aliphatic carbocycles. The van der Waals surface area contributed by atoms with Gasteiger partial charge in [-0.2, -0.15) is 0 Å². The molecule has 0 bridgehead atoms. The number of nitrogens with one attached hydrogen (secondary N) is 1. The normalized spacial score (nSPS) is 18.8. The molecular weight excluding hydrogens is 221 g/mol. The van der Waals surface area contributed by atoms with Gasteiger partial charge in [0, 0.05) is 12.1 Å². The van der Waals surface area contributed by atoms with Gasteiger partial charge in [0.2, 0.25) is 0 Å². The van der Waals surface area contributed by atoms with E-state index in [0.717, 1.165) is 12.8 Å². The van der Waals surface area contributed by atoms with E-state index in [9.17, 15) is 9.50 Å². The van der Waals surface area contributed by atoms with Crippen molar-refractivity contribution in [3.63, 3.8) is 0 Å². The zero-order valence-electron chi connectivity index (χ0n) is 9.95. The van der Waals surface area contributed by atoms with Gasteiger partial charge < -0.3 is 15.2 Å². The second-order valence-electron chi connectivity index (χ2n) is 4.88. The third kappa shape index (κ3) is 3.68. The minimum atomic E-state index is -0.465. The fraction of sp³-hybridized carbons (Fsp3) is 0.538. The summed E-state index contributed by atoms with van der Waals surface area (Å²) in [5.41, 5.74) is -0.465. The highest BCUT2D eigenvalue weighted by molar-refractivity contribution is 5.22. The predicted octanol–water partition coefficient (Wildman–Crippen LogP) is 1.71. The lowest BCUT2D eigenvalue weighted by molar-refractivity contribution is 0.114. The van der Waals surface area contributed by atoms with Gasteiger partial charge >= 0.3 is 0 Å². The monoisotopic (exact) mass is 239 g/mol. The van der Waals surface area contributed by atoms with Gasteiger partial charge in [-0.05, 0) is 31.9 Å². The van der Waals surface area contributed by atoms with Crippen LogP contribution in [0.5, 0.6) is 5.75 Å². The third-order valence-corrected chi connectivity index (χ3v) is 2.83. The molecule has 1 fully saturated rings. The molecule has 2 rings (SSSR count). The molecule has 0 aliphatic heterocycles. The van der Waals surface area contributed by atoms with Gasteiger partial charge in [0.15, 0.2) is 0 Å². The van der Waals surface area contributed by atoms with Crippen LogP contribution in [0.25, 0.3) is 0 Å². The molecule has 3 nitrogen and oxygen atoms in total. The Hall–Kier alpha value is -1.13. The third-order valence-electron chi connectivity index (χ3n) is 2.83. The molecule has 0 saturated heterocycles. The predicted molar refractivity (Wildman–Crippen MR) is 63.5 cm³/mol. The molecule has 0 radical (unpaired) electrons. The summed E-state index contributed by atoms with van der Waals surface area (Å²) in [6.45, 7) is 2.23. The van der Waals surface area contributed by atoms with E-state index >= 15 is 0 Å². The lowest BCUT2D eigenvalue weighted by Gasteiger charge is -2.28. The zero-order valence-corrected chi connectivity index (χ0v) is 9.95. The average molecular weight is 239 g/mol. The molecule has 17 heavy (non-hydrogen) atoms. The highest BCUT2D eigenvalue weighted by Gasteiger charge is 2.32. The van der Waals surface area contributed by atoms with Crippen molar-refractivity contribution < 1.29 is 14.2 Å². The first-order valence-corrected chi connectivity index (χ1v) is 5.88. The molecule has 1 aromatic carbocycles. The minimum absolute atomic E-state index is 0.00117. The lowest BCUT2D eigenvalue weighted by Crippen LogP contribution is -2.51. The van der Waals surface area contributed by atoms with Gasteiger partial charge in [0.05, 0.1) is 12.1 Å². The fourth-order valence-corrected chi connectivity index (χ4v) is 1.65. The first-order valence-electron chi connectivity index (χ1n) is 5.88. The van der Waals surface area contributed by atoms with E-state index in [2.05, 4.69) is 5.32 Å². The summed E-state index contributed by atoms with van der Waals surface area (Å²) < 4.78 is 18.5. The molecule has 0 heterocycles. The van der Waals surface area contributed by atoms with Gasteiger partial charge in [0.25, 0.3) is 0 Å². The lowest BCUT2D eigenvalue weighted by atomic mass is 10.1. The highest BCUT2D eigenvalue weighted by atomic mass is 19.1. The second kappa shape index (κ2) is 5.02. The average Bonchev–Trinajstić information content (AvgIpc) is 3.11. The standard InChI is InChI=1S/C13H18FNO2/c1-13(8-16,15-11-5-6-11)9-17-12-4-2-3-10(14)7-12/h2-4,7,11,15-16H,5-6,8-9H2,1H3. The van der Waals surface area contributed by atoms with E-state index < -0.39 is 5.54 Å². The molecule has 1 aliphatic rings. The van der Waals surface area contributed by atoms with Crippen LogP contribution in [0.15, 0.2) is 24.3 Å². The van der Waals surface area contributed by atoms with Crippen LogP contribution in [-0.4, -0.2) is 29.9 Å². The van der Waals surface area contributed by atoms with Crippen LogP contribution in [0.4, 0.5) is 4.39 Å². The number of aliphatic hydroxyl groups excluding tert-OH is 1. The van der Waals surface area contributed by atoms with Gasteiger partial charge in [-0.25, -0.2) is 4.39 Å². The molecule has 0 aromatic heterocycles. The summed E-state index contributed by atoms with van der Waals surface area (Å²) in [4.78, 5) is 0. The van der Waals surface area contributed by atoms with Gasteiger partial charge in [-0.3, -0.25) is 0 Å². The summed E-state index contributed by atoms with van der Waals surface area (Å²) >= 11 is 0. The Morgan fingerprint density at radius 1 is 1.53 bits per heavy atom. The molecule has 1 unspecified atom stereocenters. The number of halogens is 1.